The number of hydrogen-bond acceptors (Lipinski definition) is 2. The molecule has 0 bridgehead atoms. The first-order chi connectivity index (χ1) is 12.6. The van der Waals surface area contributed by atoms with Crippen molar-refractivity contribution in [3.8, 4) is 11.1 Å². The number of aryl methyl sites for hydroxylation is 1. The Morgan fingerprint density at radius 2 is 2.04 bits per heavy atom. The number of halogens is 1. The van der Waals surface area contributed by atoms with E-state index >= 15 is 0 Å². The minimum Gasteiger partial charge on any atom is -0.356 e. The summed E-state index contributed by atoms with van der Waals surface area (Å²) in [4.78, 5) is 16.3. The van der Waals surface area contributed by atoms with Crippen molar-refractivity contribution >= 4 is 5.91 Å². The Morgan fingerprint density at radius 1 is 1.23 bits per heavy atom. The predicted octanol–water partition coefficient (Wildman–Crippen LogP) is 4.00. The molecule has 0 radical (unpaired) electrons. The van der Waals surface area contributed by atoms with Gasteiger partial charge in [-0.25, -0.2) is 9.37 Å². The van der Waals surface area contributed by atoms with Gasteiger partial charge in [0, 0.05) is 31.0 Å². The van der Waals surface area contributed by atoms with Gasteiger partial charge in [0.1, 0.15) is 5.82 Å². The number of hydrogen-bond donors (Lipinski definition) is 1. The van der Waals surface area contributed by atoms with Gasteiger partial charge in [-0.2, -0.15) is 0 Å². The van der Waals surface area contributed by atoms with Crippen LogP contribution in [0.4, 0.5) is 4.39 Å². The first-order valence-electron chi connectivity index (χ1n) is 8.73. The smallest absolute Gasteiger partial charge is 0.227 e. The number of benzene rings is 2. The highest BCUT2D eigenvalue weighted by Crippen LogP contribution is 2.26. The van der Waals surface area contributed by atoms with Crippen molar-refractivity contribution in [3.63, 3.8) is 0 Å². The van der Waals surface area contributed by atoms with Gasteiger partial charge in [-0.1, -0.05) is 42.5 Å². The zero-order chi connectivity index (χ0) is 18.4. The maximum Gasteiger partial charge on any atom is 0.227 e. The lowest BCUT2D eigenvalue weighted by Crippen LogP contribution is -2.29. The number of imidazole rings is 1. The van der Waals surface area contributed by atoms with Gasteiger partial charge in [0.25, 0.3) is 0 Å². The lowest BCUT2D eigenvalue weighted by Gasteiger charge is -2.14. The van der Waals surface area contributed by atoms with E-state index in [9.17, 15) is 9.18 Å². The molecule has 134 valence electrons. The number of amides is 1. The van der Waals surface area contributed by atoms with E-state index in [1.54, 1.807) is 25.5 Å². The Hall–Kier alpha value is -2.95. The molecule has 26 heavy (non-hydrogen) atoms. The summed E-state index contributed by atoms with van der Waals surface area (Å²) in [5.41, 5.74) is 2.05. The Labute approximate surface area is 152 Å². The lowest BCUT2D eigenvalue weighted by atomic mass is 9.96. The molecule has 0 fully saturated rings. The molecule has 0 spiro atoms. The summed E-state index contributed by atoms with van der Waals surface area (Å²) in [7, 11) is 0. The molecule has 0 aliphatic heterocycles. The molecule has 0 unspecified atom stereocenters. The highest BCUT2D eigenvalue weighted by Gasteiger charge is 2.16. The summed E-state index contributed by atoms with van der Waals surface area (Å²) in [6.07, 6.45) is 6.19. The van der Waals surface area contributed by atoms with Crippen LogP contribution < -0.4 is 5.32 Å². The second-order valence-corrected chi connectivity index (χ2v) is 6.27. The third-order valence-electron chi connectivity index (χ3n) is 4.42. The summed E-state index contributed by atoms with van der Waals surface area (Å²) < 4.78 is 16.4. The van der Waals surface area contributed by atoms with Crippen LogP contribution in [0, 0.1) is 5.82 Å². The number of aromatic nitrogens is 2. The summed E-state index contributed by atoms with van der Waals surface area (Å²) in [5, 5.41) is 2.91. The first-order valence-corrected chi connectivity index (χ1v) is 8.73. The van der Waals surface area contributed by atoms with Crippen molar-refractivity contribution in [1.29, 1.82) is 0 Å². The van der Waals surface area contributed by atoms with E-state index in [1.807, 2.05) is 47.2 Å². The SMILES string of the molecule is C[C@@H](C(=O)NCCCn1ccnc1)c1ccc(-c2ccccc2)c(F)c1. The molecule has 1 aromatic heterocycles. The van der Waals surface area contributed by atoms with Crippen LogP contribution in [0.1, 0.15) is 24.8 Å². The molecule has 0 aliphatic rings. The van der Waals surface area contributed by atoms with Gasteiger partial charge in [0.2, 0.25) is 5.91 Å². The maximum absolute atomic E-state index is 14.5. The molecular weight excluding hydrogens is 329 g/mol. The van der Waals surface area contributed by atoms with Gasteiger partial charge in [-0.15, -0.1) is 0 Å². The number of carbonyl (C=O) groups is 1. The predicted molar refractivity (Wildman–Crippen MR) is 100 cm³/mol. The molecule has 4 nitrogen and oxygen atoms in total. The third kappa shape index (κ3) is 4.36. The zero-order valence-electron chi connectivity index (χ0n) is 14.7. The summed E-state index contributed by atoms with van der Waals surface area (Å²) >= 11 is 0. The first kappa shape index (κ1) is 17.9. The normalized spacial score (nSPS) is 11.9. The summed E-state index contributed by atoms with van der Waals surface area (Å²) in [6.45, 7) is 3.17. The van der Waals surface area contributed by atoms with Gasteiger partial charge in [-0.3, -0.25) is 4.79 Å². The maximum atomic E-state index is 14.5. The standard InChI is InChI=1S/C21H22FN3O/c1-16(21(26)24-10-5-12-25-13-11-23-15-25)18-8-9-19(20(22)14-18)17-6-3-2-4-7-17/h2-4,6-9,11,13-16H,5,10,12H2,1H3,(H,24,26)/t16-/m1/s1. The van der Waals surface area contributed by atoms with Crippen LogP contribution in [-0.2, 0) is 11.3 Å². The number of carbonyl (C=O) groups excluding carboxylic acids is 1. The number of nitrogens with zero attached hydrogens (tertiary/aromatic N) is 2. The molecule has 5 heteroatoms. The topological polar surface area (TPSA) is 46.9 Å². The molecule has 1 heterocycles. The molecule has 1 N–H and O–H groups in total. The van der Waals surface area contributed by atoms with Crippen molar-refractivity contribution in [2.75, 3.05) is 6.54 Å². The summed E-state index contributed by atoms with van der Waals surface area (Å²) in [5.74, 6) is -0.807. The van der Waals surface area contributed by atoms with E-state index < -0.39 is 5.92 Å². The molecule has 2 aromatic carbocycles. The van der Waals surface area contributed by atoms with E-state index in [0.717, 1.165) is 18.5 Å². The lowest BCUT2D eigenvalue weighted by molar-refractivity contribution is -0.122. The van der Waals surface area contributed by atoms with Crippen LogP contribution in [-0.4, -0.2) is 22.0 Å². The second-order valence-electron chi connectivity index (χ2n) is 6.27. The van der Waals surface area contributed by atoms with Gasteiger partial charge in [0.15, 0.2) is 0 Å². The molecule has 0 saturated carbocycles. The van der Waals surface area contributed by atoms with Crippen molar-refractivity contribution in [2.24, 2.45) is 0 Å². The highest BCUT2D eigenvalue weighted by molar-refractivity contribution is 5.83. The average molecular weight is 351 g/mol. The fraction of sp³-hybridized carbons (Fsp3) is 0.238. The van der Waals surface area contributed by atoms with Gasteiger partial charge >= 0.3 is 0 Å². The van der Waals surface area contributed by atoms with Crippen LogP contribution in [0.2, 0.25) is 0 Å². The van der Waals surface area contributed by atoms with Crippen molar-refractivity contribution in [1.82, 2.24) is 14.9 Å². The molecule has 0 saturated heterocycles. The van der Waals surface area contributed by atoms with E-state index in [-0.39, 0.29) is 11.7 Å². The van der Waals surface area contributed by atoms with Crippen LogP contribution in [0.15, 0.2) is 67.3 Å². The Kier molecular flexibility index (Phi) is 5.79. The van der Waals surface area contributed by atoms with Crippen LogP contribution in [0.3, 0.4) is 0 Å². The zero-order valence-corrected chi connectivity index (χ0v) is 14.7. The average Bonchev–Trinajstić information content (AvgIpc) is 3.18. The van der Waals surface area contributed by atoms with Crippen LogP contribution >= 0.6 is 0 Å². The molecular formula is C21H22FN3O. The van der Waals surface area contributed by atoms with E-state index in [0.29, 0.717) is 17.7 Å². The van der Waals surface area contributed by atoms with Crippen molar-refractivity contribution < 1.29 is 9.18 Å². The fourth-order valence-electron chi connectivity index (χ4n) is 2.85. The van der Waals surface area contributed by atoms with Crippen LogP contribution in [0.5, 0.6) is 0 Å². The van der Waals surface area contributed by atoms with E-state index in [1.165, 1.54) is 6.07 Å². The van der Waals surface area contributed by atoms with Crippen molar-refractivity contribution in [2.45, 2.75) is 25.8 Å². The molecule has 0 aliphatic carbocycles. The molecule has 3 aromatic rings. The minimum absolute atomic E-state index is 0.0949. The quantitative estimate of drug-likeness (QED) is 0.654. The third-order valence-corrected chi connectivity index (χ3v) is 4.42. The molecule has 1 amide bonds. The van der Waals surface area contributed by atoms with Crippen LogP contribution in [0.25, 0.3) is 11.1 Å². The minimum atomic E-state index is -0.400. The second kappa shape index (κ2) is 8.43. The van der Waals surface area contributed by atoms with Gasteiger partial charge in [-0.05, 0) is 30.5 Å². The Bertz CT molecular complexity index is 847. The monoisotopic (exact) mass is 351 g/mol. The number of nitrogens with one attached hydrogen (secondary N) is 1. The van der Waals surface area contributed by atoms with Gasteiger partial charge < -0.3 is 9.88 Å². The largest absolute Gasteiger partial charge is 0.356 e. The van der Waals surface area contributed by atoms with E-state index in [2.05, 4.69) is 10.3 Å². The summed E-state index contributed by atoms with van der Waals surface area (Å²) in [6, 6.07) is 14.4. The fourth-order valence-corrected chi connectivity index (χ4v) is 2.85. The van der Waals surface area contributed by atoms with Gasteiger partial charge in [0.05, 0.1) is 12.2 Å². The van der Waals surface area contributed by atoms with Crippen molar-refractivity contribution in [3.05, 3.63) is 78.6 Å². The molecule has 3 rings (SSSR count). The van der Waals surface area contributed by atoms with E-state index in [4.69, 9.17) is 0 Å². The Morgan fingerprint density at radius 3 is 2.73 bits per heavy atom. The molecule has 1 atom stereocenters. The highest BCUT2D eigenvalue weighted by atomic mass is 19.1. The Balaban J connectivity index is 1.57. The number of rotatable bonds is 7.